The van der Waals surface area contributed by atoms with Crippen LogP contribution < -0.4 is 4.90 Å². The molecule has 1 aliphatic heterocycles. The van der Waals surface area contributed by atoms with E-state index < -0.39 is 5.97 Å². The Balaban J connectivity index is 1.85. The quantitative estimate of drug-likeness (QED) is 0.804. The molecule has 1 N–H and O–H groups in total. The zero-order chi connectivity index (χ0) is 14.5. The number of likely N-dealkylation sites (N-methyl/N-ethyl adjacent to an activating group) is 1. The minimum Gasteiger partial charge on any atom is -0.476 e. The number of piperazine rings is 1. The molecule has 2 heterocycles. The van der Waals surface area contributed by atoms with E-state index in [4.69, 9.17) is 5.11 Å². The van der Waals surface area contributed by atoms with E-state index in [1.165, 1.54) is 6.07 Å². The monoisotopic (exact) mass is 279 g/mol. The van der Waals surface area contributed by atoms with Crippen LogP contribution in [0, 0.1) is 0 Å². The van der Waals surface area contributed by atoms with E-state index in [1.807, 2.05) is 0 Å². The second-order valence-electron chi connectivity index (χ2n) is 5.21. The molecular formula is C13H21N5O2. The van der Waals surface area contributed by atoms with Crippen LogP contribution in [0.2, 0.25) is 0 Å². The maximum absolute atomic E-state index is 10.7. The highest BCUT2D eigenvalue weighted by Gasteiger charge is 2.18. The first-order chi connectivity index (χ1) is 9.56. The van der Waals surface area contributed by atoms with Crippen LogP contribution in [0.4, 0.5) is 5.82 Å². The first-order valence-electron chi connectivity index (χ1n) is 6.75. The zero-order valence-electron chi connectivity index (χ0n) is 12.0. The van der Waals surface area contributed by atoms with E-state index in [-0.39, 0.29) is 5.69 Å². The lowest BCUT2D eigenvalue weighted by molar-refractivity contribution is 0.0689. The van der Waals surface area contributed by atoms with Gasteiger partial charge in [-0.3, -0.25) is 4.90 Å². The Hall–Kier alpha value is -1.73. The third-order valence-corrected chi connectivity index (χ3v) is 3.43. The molecule has 0 bridgehead atoms. The van der Waals surface area contributed by atoms with Crippen molar-refractivity contribution in [3.63, 3.8) is 0 Å². The number of rotatable bonds is 5. The SMILES string of the molecule is CN(C)CCN1CCN(c2ccc(C(=O)O)nn2)CC1. The van der Waals surface area contributed by atoms with Crippen molar-refractivity contribution in [2.45, 2.75) is 0 Å². The van der Waals surface area contributed by atoms with Crippen molar-refractivity contribution in [1.29, 1.82) is 0 Å². The van der Waals surface area contributed by atoms with Gasteiger partial charge in [0.05, 0.1) is 0 Å². The summed E-state index contributed by atoms with van der Waals surface area (Å²) in [5.74, 6) is -0.292. The summed E-state index contributed by atoms with van der Waals surface area (Å²) in [5, 5.41) is 16.5. The number of carboxylic acid groups (broad SMARTS) is 1. The average molecular weight is 279 g/mol. The molecule has 1 aliphatic rings. The Morgan fingerprint density at radius 3 is 2.45 bits per heavy atom. The predicted molar refractivity (Wildman–Crippen MR) is 76.2 cm³/mol. The van der Waals surface area contributed by atoms with Gasteiger partial charge in [-0.05, 0) is 26.2 Å². The number of aromatic carboxylic acids is 1. The minimum atomic E-state index is -1.04. The minimum absolute atomic E-state index is 0.0154. The summed E-state index contributed by atoms with van der Waals surface area (Å²) in [6, 6.07) is 3.23. The van der Waals surface area contributed by atoms with Gasteiger partial charge in [0.1, 0.15) is 0 Å². The molecule has 0 aromatic carbocycles. The van der Waals surface area contributed by atoms with Gasteiger partial charge in [-0.2, -0.15) is 0 Å². The predicted octanol–water partition coefficient (Wildman–Crippen LogP) is -0.142. The smallest absolute Gasteiger partial charge is 0.356 e. The van der Waals surface area contributed by atoms with Crippen LogP contribution in [-0.4, -0.2) is 84.4 Å². The van der Waals surface area contributed by atoms with Crippen molar-refractivity contribution in [3.05, 3.63) is 17.8 Å². The second kappa shape index (κ2) is 6.62. The van der Waals surface area contributed by atoms with Gasteiger partial charge in [0.2, 0.25) is 0 Å². The fraction of sp³-hybridized carbons (Fsp3) is 0.615. The highest BCUT2D eigenvalue weighted by atomic mass is 16.4. The Bertz CT molecular complexity index is 441. The third kappa shape index (κ3) is 3.88. The van der Waals surface area contributed by atoms with Crippen LogP contribution in [0.5, 0.6) is 0 Å². The molecule has 0 amide bonds. The maximum Gasteiger partial charge on any atom is 0.356 e. The lowest BCUT2D eigenvalue weighted by atomic mass is 10.3. The van der Waals surface area contributed by atoms with Crippen molar-refractivity contribution in [1.82, 2.24) is 20.0 Å². The summed E-state index contributed by atoms with van der Waals surface area (Å²) >= 11 is 0. The molecule has 7 nitrogen and oxygen atoms in total. The number of carboxylic acids is 1. The molecule has 0 spiro atoms. The molecule has 20 heavy (non-hydrogen) atoms. The Kier molecular flexibility index (Phi) is 4.86. The Morgan fingerprint density at radius 2 is 1.95 bits per heavy atom. The van der Waals surface area contributed by atoms with Crippen LogP contribution in [0.1, 0.15) is 10.5 Å². The number of hydrogen-bond donors (Lipinski definition) is 1. The van der Waals surface area contributed by atoms with Crippen LogP contribution in [0.25, 0.3) is 0 Å². The Morgan fingerprint density at radius 1 is 1.25 bits per heavy atom. The second-order valence-corrected chi connectivity index (χ2v) is 5.21. The molecule has 0 radical (unpaired) electrons. The molecular weight excluding hydrogens is 258 g/mol. The van der Waals surface area contributed by atoms with E-state index in [0.29, 0.717) is 0 Å². The van der Waals surface area contributed by atoms with E-state index in [9.17, 15) is 4.79 Å². The number of anilines is 1. The van der Waals surface area contributed by atoms with Crippen molar-refractivity contribution >= 4 is 11.8 Å². The van der Waals surface area contributed by atoms with E-state index >= 15 is 0 Å². The molecule has 0 saturated carbocycles. The average Bonchev–Trinajstić information content (AvgIpc) is 2.46. The van der Waals surface area contributed by atoms with Crippen LogP contribution in [-0.2, 0) is 0 Å². The molecule has 110 valence electrons. The van der Waals surface area contributed by atoms with Crippen molar-refractivity contribution in [3.8, 4) is 0 Å². The molecule has 1 fully saturated rings. The van der Waals surface area contributed by atoms with E-state index in [0.717, 1.165) is 45.1 Å². The number of hydrogen-bond acceptors (Lipinski definition) is 6. The lowest BCUT2D eigenvalue weighted by Crippen LogP contribution is -2.48. The molecule has 1 saturated heterocycles. The molecule has 1 aromatic heterocycles. The molecule has 2 rings (SSSR count). The van der Waals surface area contributed by atoms with Gasteiger partial charge < -0.3 is 14.9 Å². The summed E-state index contributed by atoms with van der Waals surface area (Å²) in [6.07, 6.45) is 0. The van der Waals surface area contributed by atoms with Gasteiger partial charge in [-0.1, -0.05) is 0 Å². The first-order valence-corrected chi connectivity index (χ1v) is 6.75. The summed E-state index contributed by atoms with van der Waals surface area (Å²) in [4.78, 5) is 17.5. The molecule has 0 unspecified atom stereocenters. The number of nitrogens with zero attached hydrogens (tertiary/aromatic N) is 5. The topological polar surface area (TPSA) is 72.8 Å². The van der Waals surface area contributed by atoms with Crippen LogP contribution >= 0.6 is 0 Å². The molecule has 1 aromatic rings. The maximum atomic E-state index is 10.7. The van der Waals surface area contributed by atoms with Crippen molar-refractivity contribution in [2.75, 3.05) is 58.3 Å². The highest BCUT2D eigenvalue weighted by Crippen LogP contribution is 2.12. The standard InChI is InChI=1S/C13H21N5O2/c1-16(2)5-6-17-7-9-18(10-8-17)12-4-3-11(13(19)20)14-15-12/h3-4H,5-10H2,1-2H3,(H,19,20). The summed E-state index contributed by atoms with van der Waals surface area (Å²) in [7, 11) is 4.16. The first kappa shape index (κ1) is 14.7. The molecule has 0 aliphatic carbocycles. The zero-order valence-corrected chi connectivity index (χ0v) is 12.0. The van der Waals surface area contributed by atoms with Gasteiger partial charge in [-0.25, -0.2) is 4.79 Å². The van der Waals surface area contributed by atoms with Crippen molar-refractivity contribution in [2.24, 2.45) is 0 Å². The molecule has 0 atom stereocenters. The fourth-order valence-corrected chi connectivity index (χ4v) is 2.15. The van der Waals surface area contributed by atoms with E-state index in [2.05, 4.69) is 39.0 Å². The van der Waals surface area contributed by atoms with Gasteiger partial charge >= 0.3 is 5.97 Å². The molecule has 7 heteroatoms. The van der Waals surface area contributed by atoms with Crippen LogP contribution in [0.3, 0.4) is 0 Å². The van der Waals surface area contributed by atoms with Crippen LogP contribution in [0.15, 0.2) is 12.1 Å². The largest absolute Gasteiger partial charge is 0.476 e. The third-order valence-electron chi connectivity index (χ3n) is 3.43. The number of carbonyl (C=O) groups is 1. The summed E-state index contributed by atoms with van der Waals surface area (Å²) < 4.78 is 0. The summed E-state index contributed by atoms with van der Waals surface area (Å²) in [6.45, 7) is 5.92. The Labute approximate surface area is 118 Å². The van der Waals surface area contributed by atoms with Gasteiger partial charge in [0.15, 0.2) is 11.5 Å². The number of aromatic nitrogens is 2. The lowest BCUT2D eigenvalue weighted by Gasteiger charge is -2.35. The van der Waals surface area contributed by atoms with Crippen molar-refractivity contribution < 1.29 is 9.90 Å². The van der Waals surface area contributed by atoms with Gasteiger partial charge in [-0.15, -0.1) is 10.2 Å². The highest BCUT2D eigenvalue weighted by molar-refractivity contribution is 5.85. The summed E-state index contributed by atoms with van der Waals surface area (Å²) in [5.41, 5.74) is -0.0154. The van der Waals surface area contributed by atoms with Gasteiger partial charge in [0.25, 0.3) is 0 Å². The fourth-order valence-electron chi connectivity index (χ4n) is 2.15. The normalized spacial score (nSPS) is 16.6. The van der Waals surface area contributed by atoms with Gasteiger partial charge in [0, 0.05) is 39.3 Å². The van der Waals surface area contributed by atoms with E-state index in [1.54, 1.807) is 6.07 Å².